The van der Waals surface area contributed by atoms with Crippen LogP contribution in [0.25, 0.3) is 0 Å². The maximum atomic E-state index is 12.4. The minimum atomic E-state index is -1.82. The van der Waals surface area contributed by atoms with Crippen molar-refractivity contribution in [3.05, 3.63) is 29.8 Å². The molecule has 0 saturated carbocycles. The Morgan fingerprint density at radius 3 is 2.08 bits per heavy atom. The molecule has 1 heterocycles. The Balaban J connectivity index is 0.000000413. The van der Waals surface area contributed by atoms with Gasteiger partial charge in [0.2, 0.25) is 0 Å². The van der Waals surface area contributed by atoms with Crippen molar-refractivity contribution < 1.29 is 29.7 Å². The molecule has 7 nitrogen and oxygen atoms in total. The maximum Gasteiger partial charge on any atom is 0.414 e. The molecule has 2 rings (SSSR count). The molecule has 1 aliphatic rings. The number of likely N-dealkylation sites (tertiary alicyclic amines) is 1. The third-order valence-corrected chi connectivity index (χ3v) is 4.28. The van der Waals surface area contributed by atoms with E-state index in [9.17, 15) is 9.90 Å². The first kappa shape index (κ1) is 19.6. The van der Waals surface area contributed by atoms with E-state index in [2.05, 4.69) is 11.9 Å². The normalized spacial score (nSPS) is 16.6. The standard InChI is InChI=1S/C15H21NO2.C2H2O4/c1-3-14(18)15(7-9-16(2)10-8-15)12-5-4-6-13(17)11-12;3-1(4)2(5)6/h4-6,11,17H,3,7-10H2,1-2H3;(H,3,4)(H,5,6). The number of hydrogen-bond donors (Lipinski definition) is 3. The second kappa shape index (κ2) is 8.44. The molecule has 1 fully saturated rings. The summed E-state index contributed by atoms with van der Waals surface area (Å²) in [6.07, 6.45) is 2.25. The zero-order valence-electron chi connectivity index (χ0n) is 13.9. The number of phenols is 1. The largest absolute Gasteiger partial charge is 0.508 e. The van der Waals surface area contributed by atoms with Crippen LogP contribution in [0.1, 0.15) is 31.7 Å². The molecule has 1 saturated heterocycles. The predicted molar refractivity (Wildman–Crippen MR) is 87.1 cm³/mol. The van der Waals surface area contributed by atoms with Crippen molar-refractivity contribution >= 4 is 17.7 Å². The Kier molecular flexibility index (Phi) is 6.91. The van der Waals surface area contributed by atoms with E-state index in [-0.39, 0.29) is 11.2 Å². The number of piperidine rings is 1. The SMILES string of the molecule is CCC(=O)C1(c2cccc(O)c2)CCN(C)CC1.O=C(O)C(=O)O. The Labute approximate surface area is 140 Å². The minimum absolute atomic E-state index is 0.245. The van der Waals surface area contributed by atoms with Crippen LogP contribution in [0, 0.1) is 0 Å². The second-order valence-corrected chi connectivity index (χ2v) is 5.82. The van der Waals surface area contributed by atoms with Gasteiger partial charge in [0.25, 0.3) is 0 Å². The van der Waals surface area contributed by atoms with E-state index in [1.807, 2.05) is 19.1 Å². The van der Waals surface area contributed by atoms with Crippen LogP contribution in [0.4, 0.5) is 0 Å². The van der Waals surface area contributed by atoms with Crippen molar-refractivity contribution in [3.63, 3.8) is 0 Å². The first-order valence-corrected chi connectivity index (χ1v) is 7.70. The molecule has 0 amide bonds. The van der Waals surface area contributed by atoms with Gasteiger partial charge in [0.15, 0.2) is 0 Å². The summed E-state index contributed by atoms with van der Waals surface area (Å²) in [5, 5.41) is 24.4. The van der Waals surface area contributed by atoms with Crippen molar-refractivity contribution in [1.82, 2.24) is 4.90 Å². The highest BCUT2D eigenvalue weighted by atomic mass is 16.4. The number of benzene rings is 1. The third kappa shape index (κ3) is 4.79. The first-order valence-electron chi connectivity index (χ1n) is 7.70. The lowest BCUT2D eigenvalue weighted by atomic mass is 9.69. The summed E-state index contributed by atoms with van der Waals surface area (Å²) in [4.78, 5) is 32.9. The number of ketones is 1. The molecule has 0 aliphatic carbocycles. The topological polar surface area (TPSA) is 115 Å². The van der Waals surface area contributed by atoms with Gasteiger partial charge in [0, 0.05) is 6.42 Å². The third-order valence-electron chi connectivity index (χ3n) is 4.28. The molecule has 24 heavy (non-hydrogen) atoms. The monoisotopic (exact) mass is 337 g/mol. The van der Waals surface area contributed by atoms with Crippen LogP contribution < -0.4 is 0 Å². The highest BCUT2D eigenvalue weighted by Gasteiger charge is 2.40. The lowest BCUT2D eigenvalue weighted by molar-refractivity contribution is -0.159. The second-order valence-electron chi connectivity index (χ2n) is 5.82. The fourth-order valence-corrected chi connectivity index (χ4v) is 2.87. The van der Waals surface area contributed by atoms with Gasteiger partial charge < -0.3 is 20.2 Å². The molecule has 1 aliphatic heterocycles. The molecule has 7 heteroatoms. The minimum Gasteiger partial charge on any atom is -0.508 e. The molecular weight excluding hydrogens is 314 g/mol. The number of hydrogen-bond acceptors (Lipinski definition) is 5. The fraction of sp³-hybridized carbons (Fsp3) is 0.471. The molecule has 0 bridgehead atoms. The summed E-state index contributed by atoms with van der Waals surface area (Å²) in [5.74, 6) is -3.11. The number of aromatic hydroxyl groups is 1. The summed E-state index contributed by atoms with van der Waals surface area (Å²) in [6.45, 7) is 3.79. The number of carbonyl (C=O) groups is 3. The molecule has 0 spiro atoms. The van der Waals surface area contributed by atoms with Crippen molar-refractivity contribution in [2.24, 2.45) is 0 Å². The van der Waals surface area contributed by atoms with Crippen LogP contribution in [0.15, 0.2) is 24.3 Å². The van der Waals surface area contributed by atoms with Crippen LogP contribution in [0.5, 0.6) is 5.75 Å². The highest BCUT2D eigenvalue weighted by Crippen LogP contribution is 2.38. The smallest absolute Gasteiger partial charge is 0.414 e. The van der Waals surface area contributed by atoms with Gasteiger partial charge in [-0.05, 0) is 50.7 Å². The zero-order valence-corrected chi connectivity index (χ0v) is 13.9. The van der Waals surface area contributed by atoms with Gasteiger partial charge >= 0.3 is 11.9 Å². The molecule has 0 atom stereocenters. The van der Waals surface area contributed by atoms with Crippen molar-refractivity contribution in [1.29, 1.82) is 0 Å². The molecule has 3 N–H and O–H groups in total. The molecule has 1 aromatic rings. The van der Waals surface area contributed by atoms with Crippen molar-refractivity contribution in [3.8, 4) is 5.75 Å². The number of carboxylic acid groups (broad SMARTS) is 2. The first-order chi connectivity index (χ1) is 11.2. The maximum absolute atomic E-state index is 12.4. The molecule has 0 aromatic heterocycles. The Bertz CT molecular complexity index is 593. The van der Waals surface area contributed by atoms with E-state index in [1.165, 1.54) is 0 Å². The molecule has 1 aromatic carbocycles. The number of carbonyl (C=O) groups excluding carboxylic acids is 1. The van der Waals surface area contributed by atoms with Crippen LogP contribution in [0.3, 0.4) is 0 Å². The number of phenolic OH excluding ortho intramolecular Hbond substituents is 1. The van der Waals surface area contributed by atoms with Gasteiger partial charge in [0.05, 0.1) is 5.41 Å². The van der Waals surface area contributed by atoms with E-state index in [1.54, 1.807) is 12.1 Å². The zero-order chi connectivity index (χ0) is 18.3. The summed E-state index contributed by atoms with van der Waals surface area (Å²) in [7, 11) is 2.09. The van der Waals surface area contributed by atoms with E-state index in [0.717, 1.165) is 31.5 Å². The van der Waals surface area contributed by atoms with Gasteiger partial charge in [-0.2, -0.15) is 0 Å². The number of nitrogens with zero attached hydrogens (tertiary/aromatic N) is 1. The number of rotatable bonds is 3. The molecular formula is C17H23NO6. The van der Waals surface area contributed by atoms with Crippen LogP contribution >= 0.6 is 0 Å². The number of Topliss-reactive ketones (excluding diaryl/α,β-unsaturated/α-hetero) is 1. The lowest BCUT2D eigenvalue weighted by Gasteiger charge is -2.40. The molecule has 0 radical (unpaired) electrons. The van der Waals surface area contributed by atoms with E-state index < -0.39 is 11.9 Å². The van der Waals surface area contributed by atoms with Crippen LogP contribution in [-0.2, 0) is 19.8 Å². The summed E-state index contributed by atoms with van der Waals surface area (Å²) in [6, 6.07) is 7.20. The predicted octanol–water partition coefficient (Wildman–Crippen LogP) is 1.49. The highest BCUT2D eigenvalue weighted by molar-refractivity contribution is 6.27. The van der Waals surface area contributed by atoms with E-state index in [0.29, 0.717) is 12.2 Å². The van der Waals surface area contributed by atoms with Gasteiger partial charge in [-0.25, -0.2) is 9.59 Å². The van der Waals surface area contributed by atoms with E-state index >= 15 is 0 Å². The Morgan fingerprint density at radius 2 is 1.67 bits per heavy atom. The van der Waals surface area contributed by atoms with Crippen LogP contribution in [-0.4, -0.2) is 58.1 Å². The van der Waals surface area contributed by atoms with Gasteiger partial charge in [-0.3, -0.25) is 4.79 Å². The number of aliphatic carboxylic acids is 2. The van der Waals surface area contributed by atoms with Gasteiger partial charge in [-0.15, -0.1) is 0 Å². The Hall–Kier alpha value is -2.41. The summed E-state index contributed by atoms with van der Waals surface area (Å²) >= 11 is 0. The molecule has 0 unspecified atom stereocenters. The average molecular weight is 337 g/mol. The summed E-state index contributed by atoms with van der Waals surface area (Å²) < 4.78 is 0. The van der Waals surface area contributed by atoms with Crippen molar-refractivity contribution in [2.45, 2.75) is 31.6 Å². The number of carboxylic acids is 2. The van der Waals surface area contributed by atoms with Crippen LogP contribution in [0.2, 0.25) is 0 Å². The average Bonchev–Trinajstić information content (AvgIpc) is 2.55. The fourth-order valence-electron chi connectivity index (χ4n) is 2.87. The van der Waals surface area contributed by atoms with Gasteiger partial charge in [-0.1, -0.05) is 19.1 Å². The lowest BCUT2D eigenvalue weighted by Crippen LogP contribution is -2.45. The Morgan fingerprint density at radius 1 is 1.12 bits per heavy atom. The van der Waals surface area contributed by atoms with Crippen molar-refractivity contribution in [2.75, 3.05) is 20.1 Å². The molecule has 132 valence electrons. The van der Waals surface area contributed by atoms with E-state index in [4.69, 9.17) is 19.8 Å². The quantitative estimate of drug-likeness (QED) is 0.716. The summed E-state index contributed by atoms with van der Waals surface area (Å²) in [5.41, 5.74) is 0.586. The van der Waals surface area contributed by atoms with Gasteiger partial charge in [0.1, 0.15) is 11.5 Å².